The Morgan fingerprint density at radius 3 is 2.94 bits per heavy atom. The molecule has 2 heterocycles. The highest BCUT2D eigenvalue weighted by Gasteiger charge is 2.29. The van der Waals surface area contributed by atoms with Gasteiger partial charge in [0.25, 0.3) is 5.91 Å². The lowest BCUT2D eigenvalue weighted by Crippen LogP contribution is -2.46. The van der Waals surface area contributed by atoms with Crippen molar-refractivity contribution in [1.29, 1.82) is 0 Å². The maximum atomic E-state index is 12.5. The summed E-state index contributed by atoms with van der Waals surface area (Å²) < 4.78 is 0. The molecule has 4 heteroatoms. The van der Waals surface area contributed by atoms with E-state index in [9.17, 15) is 4.79 Å². The zero-order chi connectivity index (χ0) is 13.1. The summed E-state index contributed by atoms with van der Waals surface area (Å²) in [5, 5.41) is 0.374. The highest BCUT2D eigenvalue weighted by atomic mass is 35.5. The molecule has 18 heavy (non-hydrogen) atoms. The molecule has 0 aliphatic carbocycles. The molecule has 1 aromatic rings. The summed E-state index contributed by atoms with van der Waals surface area (Å²) in [6.07, 6.45) is 4.99. The van der Waals surface area contributed by atoms with Gasteiger partial charge < -0.3 is 4.90 Å². The zero-order valence-corrected chi connectivity index (χ0v) is 11.7. The largest absolute Gasteiger partial charge is 0.335 e. The quantitative estimate of drug-likeness (QED) is 0.769. The lowest BCUT2D eigenvalue weighted by molar-refractivity contribution is 0.0543. The molecule has 0 N–H and O–H groups in total. The van der Waals surface area contributed by atoms with Crippen LogP contribution in [0.15, 0.2) is 18.3 Å². The predicted octanol–water partition coefficient (Wildman–Crippen LogP) is 3.39. The molecule has 0 bridgehead atoms. The van der Waals surface area contributed by atoms with Crippen LogP contribution in [0.2, 0.25) is 5.15 Å². The second-order valence-electron chi connectivity index (χ2n) is 5.17. The molecule has 0 spiro atoms. The molecular weight excluding hydrogens is 248 g/mol. The van der Waals surface area contributed by atoms with Gasteiger partial charge >= 0.3 is 0 Å². The number of rotatable bonds is 2. The van der Waals surface area contributed by atoms with Crippen LogP contribution >= 0.6 is 11.6 Å². The van der Waals surface area contributed by atoms with Gasteiger partial charge in [-0.2, -0.15) is 0 Å². The first-order chi connectivity index (χ1) is 8.59. The summed E-state index contributed by atoms with van der Waals surface area (Å²) in [5.41, 5.74) is 0.641. The first kappa shape index (κ1) is 13.3. The molecule has 0 aromatic carbocycles. The Morgan fingerprint density at radius 1 is 1.50 bits per heavy atom. The van der Waals surface area contributed by atoms with Crippen LogP contribution in [0.5, 0.6) is 0 Å². The third-order valence-electron chi connectivity index (χ3n) is 3.55. The van der Waals surface area contributed by atoms with Gasteiger partial charge in [0.1, 0.15) is 5.15 Å². The summed E-state index contributed by atoms with van der Waals surface area (Å²) in [5.74, 6) is 0.573. The van der Waals surface area contributed by atoms with Gasteiger partial charge in [0.05, 0.1) is 0 Å². The summed E-state index contributed by atoms with van der Waals surface area (Å²) >= 11 is 5.84. The summed E-state index contributed by atoms with van der Waals surface area (Å²) in [4.78, 5) is 18.4. The number of carbonyl (C=O) groups excluding carboxylic acids is 1. The van der Waals surface area contributed by atoms with E-state index in [0.29, 0.717) is 22.7 Å². The van der Waals surface area contributed by atoms with E-state index in [2.05, 4.69) is 18.8 Å². The van der Waals surface area contributed by atoms with Gasteiger partial charge in [0, 0.05) is 24.3 Å². The number of piperidine rings is 1. The van der Waals surface area contributed by atoms with E-state index < -0.39 is 0 Å². The van der Waals surface area contributed by atoms with Crippen LogP contribution in [-0.2, 0) is 0 Å². The third kappa shape index (κ3) is 2.83. The van der Waals surface area contributed by atoms with Gasteiger partial charge in [-0.1, -0.05) is 25.4 Å². The highest BCUT2D eigenvalue weighted by molar-refractivity contribution is 6.29. The Balaban J connectivity index is 2.21. The molecule has 1 saturated heterocycles. The molecule has 0 radical (unpaired) electrons. The van der Waals surface area contributed by atoms with Crippen molar-refractivity contribution in [2.75, 3.05) is 6.54 Å². The summed E-state index contributed by atoms with van der Waals surface area (Å²) in [7, 11) is 0. The molecule has 2 rings (SSSR count). The van der Waals surface area contributed by atoms with Crippen molar-refractivity contribution in [2.45, 2.75) is 39.2 Å². The van der Waals surface area contributed by atoms with Crippen LogP contribution in [-0.4, -0.2) is 28.4 Å². The van der Waals surface area contributed by atoms with Crippen LogP contribution in [0, 0.1) is 5.92 Å². The number of likely N-dealkylation sites (tertiary alicyclic amines) is 1. The van der Waals surface area contributed by atoms with E-state index >= 15 is 0 Å². The fourth-order valence-electron chi connectivity index (χ4n) is 2.60. The molecule has 1 aliphatic rings. The number of hydrogen-bond donors (Lipinski definition) is 0. The standard InChI is InChI=1S/C14H19ClN2O/c1-10(2)12-5-3-4-8-17(12)14(18)11-6-7-16-13(15)9-11/h6-7,9-10,12H,3-5,8H2,1-2H3. The minimum Gasteiger partial charge on any atom is -0.335 e. The van der Waals surface area contributed by atoms with Gasteiger partial charge in [-0.3, -0.25) is 4.79 Å². The number of hydrogen-bond acceptors (Lipinski definition) is 2. The minimum absolute atomic E-state index is 0.0812. The van der Waals surface area contributed by atoms with Crippen LogP contribution < -0.4 is 0 Å². The van der Waals surface area contributed by atoms with E-state index in [-0.39, 0.29) is 5.91 Å². The molecule has 1 aliphatic heterocycles. The zero-order valence-electron chi connectivity index (χ0n) is 10.9. The number of aromatic nitrogens is 1. The van der Waals surface area contributed by atoms with E-state index in [0.717, 1.165) is 19.4 Å². The lowest BCUT2D eigenvalue weighted by atomic mass is 9.92. The smallest absolute Gasteiger partial charge is 0.254 e. The second-order valence-corrected chi connectivity index (χ2v) is 5.56. The van der Waals surface area contributed by atoms with Crippen LogP contribution in [0.4, 0.5) is 0 Å². The van der Waals surface area contributed by atoms with Crippen LogP contribution in [0.3, 0.4) is 0 Å². The fraction of sp³-hybridized carbons (Fsp3) is 0.571. The minimum atomic E-state index is 0.0812. The molecule has 1 amide bonds. The normalized spacial score (nSPS) is 20.2. The fourth-order valence-corrected chi connectivity index (χ4v) is 2.78. The maximum Gasteiger partial charge on any atom is 0.254 e. The number of pyridine rings is 1. The number of amides is 1. The van der Waals surface area contributed by atoms with Gasteiger partial charge in [-0.15, -0.1) is 0 Å². The third-order valence-corrected chi connectivity index (χ3v) is 3.76. The summed E-state index contributed by atoms with van der Waals surface area (Å²) in [6.45, 7) is 5.20. The topological polar surface area (TPSA) is 33.2 Å². The monoisotopic (exact) mass is 266 g/mol. The Labute approximate surface area is 113 Å². The van der Waals surface area contributed by atoms with Gasteiger partial charge in [0.15, 0.2) is 0 Å². The molecule has 98 valence electrons. The average Bonchev–Trinajstić information content (AvgIpc) is 2.38. The predicted molar refractivity (Wildman–Crippen MR) is 72.8 cm³/mol. The van der Waals surface area contributed by atoms with Crippen molar-refractivity contribution in [1.82, 2.24) is 9.88 Å². The van der Waals surface area contributed by atoms with Crippen LogP contribution in [0.1, 0.15) is 43.5 Å². The first-order valence-electron chi connectivity index (χ1n) is 6.52. The van der Waals surface area contributed by atoms with Crippen molar-refractivity contribution in [3.63, 3.8) is 0 Å². The van der Waals surface area contributed by atoms with Crippen LogP contribution in [0.25, 0.3) is 0 Å². The Morgan fingerprint density at radius 2 is 2.28 bits per heavy atom. The van der Waals surface area contributed by atoms with Gasteiger partial charge in [0.2, 0.25) is 0 Å². The Kier molecular flexibility index (Phi) is 4.23. The Bertz CT molecular complexity index is 434. The first-order valence-corrected chi connectivity index (χ1v) is 6.90. The number of carbonyl (C=O) groups is 1. The van der Waals surface area contributed by atoms with Crippen molar-refractivity contribution < 1.29 is 4.79 Å². The maximum absolute atomic E-state index is 12.5. The molecular formula is C14H19ClN2O. The number of halogens is 1. The van der Waals surface area contributed by atoms with E-state index in [1.54, 1.807) is 18.3 Å². The van der Waals surface area contributed by atoms with E-state index in [1.807, 2.05) is 4.90 Å². The van der Waals surface area contributed by atoms with Crippen molar-refractivity contribution in [2.24, 2.45) is 5.92 Å². The molecule has 1 unspecified atom stereocenters. The molecule has 3 nitrogen and oxygen atoms in total. The SMILES string of the molecule is CC(C)C1CCCCN1C(=O)c1ccnc(Cl)c1. The Hall–Kier alpha value is -1.09. The molecule has 1 aromatic heterocycles. The van der Waals surface area contributed by atoms with E-state index in [4.69, 9.17) is 11.6 Å². The van der Waals surface area contributed by atoms with Gasteiger partial charge in [-0.25, -0.2) is 4.98 Å². The van der Waals surface area contributed by atoms with Gasteiger partial charge in [-0.05, 0) is 37.3 Å². The summed E-state index contributed by atoms with van der Waals surface area (Å²) in [6, 6.07) is 3.73. The molecule has 1 fully saturated rings. The van der Waals surface area contributed by atoms with Crippen molar-refractivity contribution in [3.8, 4) is 0 Å². The lowest BCUT2D eigenvalue weighted by Gasteiger charge is -2.38. The molecule has 0 saturated carbocycles. The molecule has 1 atom stereocenters. The highest BCUT2D eigenvalue weighted by Crippen LogP contribution is 2.25. The number of nitrogens with zero attached hydrogens (tertiary/aromatic N) is 2. The van der Waals surface area contributed by atoms with Crippen molar-refractivity contribution >= 4 is 17.5 Å². The average molecular weight is 267 g/mol. The van der Waals surface area contributed by atoms with E-state index in [1.165, 1.54) is 6.42 Å². The van der Waals surface area contributed by atoms with Crippen molar-refractivity contribution in [3.05, 3.63) is 29.0 Å². The second kappa shape index (κ2) is 5.70.